The number of carbonyl (C=O) groups excluding carboxylic acids is 1. The number of carbonyl (C=O) groups is 1. The highest BCUT2D eigenvalue weighted by molar-refractivity contribution is 8.06. The van der Waals surface area contributed by atoms with E-state index in [1.165, 1.54) is 5.75 Å². The maximum atomic E-state index is 11.7. The number of ketones is 1. The van der Waals surface area contributed by atoms with Crippen molar-refractivity contribution in [1.29, 1.82) is 0 Å². The van der Waals surface area contributed by atoms with Crippen LogP contribution in [0.15, 0.2) is 4.52 Å². The number of Topliss-reactive ketones (excluding diaryl/α,β-unsaturated/α-hetero) is 1. The molecular formula is C12H16N2O2S2. The molecule has 1 aromatic heterocycles. The van der Waals surface area contributed by atoms with E-state index < -0.39 is 0 Å². The van der Waals surface area contributed by atoms with Gasteiger partial charge in [0, 0.05) is 22.7 Å². The van der Waals surface area contributed by atoms with Crippen LogP contribution < -0.4 is 0 Å². The van der Waals surface area contributed by atoms with Crippen LogP contribution in [0, 0.1) is 5.92 Å². The number of aromatic nitrogens is 2. The van der Waals surface area contributed by atoms with Crippen LogP contribution in [0.3, 0.4) is 0 Å². The number of hydrogen-bond acceptors (Lipinski definition) is 6. The van der Waals surface area contributed by atoms with Crippen LogP contribution >= 0.6 is 23.5 Å². The first-order valence-electron chi connectivity index (χ1n) is 6.32. The second-order valence-electron chi connectivity index (χ2n) is 4.83. The third-order valence-electron chi connectivity index (χ3n) is 3.28. The zero-order valence-electron chi connectivity index (χ0n) is 10.3. The van der Waals surface area contributed by atoms with Gasteiger partial charge in [-0.2, -0.15) is 16.7 Å². The molecule has 2 atom stereocenters. The van der Waals surface area contributed by atoms with Gasteiger partial charge < -0.3 is 4.52 Å². The van der Waals surface area contributed by atoms with E-state index in [0.29, 0.717) is 22.8 Å². The highest BCUT2D eigenvalue weighted by Crippen LogP contribution is 2.41. The van der Waals surface area contributed by atoms with Crippen LogP contribution in [0.25, 0.3) is 0 Å². The third kappa shape index (κ3) is 2.74. The van der Waals surface area contributed by atoms with Crippen molar-refractivity contribution in [2.24, 2.45) is 5.92 Å². The normalized spacial score (nSPS) is 28.3. The van der Waals surface area contributed by atoms with Gasteiger partial charge in [-0.1, -0.05) is 12.1 Å². The Hall–Kier alpha value is -0.490. The molecule has 3 rings (SSSR count). The van der Waals surface area contributed by atoms with E-state index in [1.807, 2.05) is 23.5 Å². The smallest absolute Gasteiger partial charge is 0.234 e. The van der Waals surface area contributed by atoms with E-state index in [0.717, 1.165) is 24.4 Å². The molecule has 0 N–H and O–H groups in total. The number of rotatable bonds is 4. The molecule has 1 saturated carbocycles. The number of nitrogens with zero attached hydrogens (tertiary/aromatic N) is 2. The lowest BCUT2D eigenvalue weighted by Crippen LogP contribution is -2.17. The summed E-state index contributed by atoms with van der Waals surface area (Å²) in [6.45, 7) is 2.20. The Labute approximate surface area is 115 Å². The lowest BCUT2D eigenvalue weighted by atomic mass is 10.2. The topological polar surface area (TPSA) is 56.0 Å². The van der Waals surface area contributed by atoms with Crippen molar-refractivity contribution in [2.45, 2.75) is 36.7 Å². The van der Waals surface area contributed by atoms with Crippen LogP contribution in [-0.2, 0) is 11.2 Å². The average molecular weight is 284 g/mol. The maximum Gasteiger partial charge on any atom is 0.234 e. The van der Waals surface area contributed by atoms with Crippen molar-refractivity contribution in [3.05, 3.63) is 11.7 Å². The van der Waals surface area contributed by atoms with E-state index in [9.17, 15) is 4.79 Å². The molecule has 18 heavy (non-hydrogen) atoms. The summed E-state index contributed by atoms with van der Waals surface area (Å²) in [6, 6.07) is 0. The molecule has 6 heteroatoms. The lowest BCUT2D eigenvalue weighted by molar-refractivity contribution is -0.119. The van der Waals surface area contributed by atoms with E-state index in [-0.39, 0.29) is 11.7 Å². The molecule has 2 heterocycles. The maximum absolute atomic E-state index is 11.7. The van der Waals surface area contributed by atoms with Gasteiger partial charge in [-0.25, -0.2) is 0 Å². The molecule has 0 aromatic carbocycles. The summed E-state index contributed by atoms with van der Waals surface area (Å²) >= 11 is 3.83. The van der Waals surface area contributed by atoms with Gasteiger partial charge in [-0.3, -0.25) is 4.79 Å². The Morgan fingerprint density at radius 2 is 2.17 bits per heavy atom. The standard InChI is InChI=1S/C12H16N2O2S2/c1-7-11(18-5-4-17-7)12-13-10(16-14-12)6-9(15)8-2-3-8/h7-8,11H,2-6H2,1H3. The van der Waals surface area contributed by atoms with Crippen LogP contribution in [0.2, 0.25) is 0 Å². The fraction of sp³-hybridized carbons (Fsp3) is 0.750. The van der Waals surface area contributed by atoms with Crippen LogP contribution in [-0.4, -0.2) is 32.7 Å². The summed E-state index contributed by atoms with van der Waals surface area (Å²) in [7, 11) is 0. The summed E-state index contributed by atoms with van der Waals surface area (Å²) in [4.78, 5) is 16.1. The third-order valence-corrected chi connectivity index (χ3v) is 6.37. The fourth-order valence-electron chi connectivity index (χ4n) is 2.07. The Bertz CT molecular complexity index is 445. The minimum absolute atomic E-state index is 0.254. The van der Waals surface area contributed by atoms with Gasteiger partial charge in [0.1, 0.15) is 5.78 Å². The van der Waals surface area contributed by atoms with E-state index >= 15 is 0 Å². The van der Waals surface area contributed by atoms with Crippen LogP contribution in [0.5, 0.6) is 0 Å². The summed E-state index contributed by atoms with van der Waals surface area (Å²) in [5.41, 5.74) is 0. The SMILES string of the molecule is CC1SCCSC1c1noc(CC(=O)C2CC2)n1. The number of hydrogen-bond donors (Lipinski definition) is 0. The van der Waals surface area contributed by atoms with Gasteiger partial charge in [0.25, 0.3) is 0 Å². The van der Waals surface area contributed by atoms with Gasteiger partial charge in [-0.15, -0.1) is 11.8 Å². The Morgan fingerprint density at radius 3 is 2.89 bits per heavy atom. The predicted octanol–water partition coefficient (Wildman–Crippen LogP) is 2.50. The zero-order chi connectivity index (χ0) is 12.5. The zero-order valence-corrected chi connectivity index (χ0v) is 11.9. The second-order valence-corrected chi connectivity index (χ2v) is 7.57. The Kier molecular flexibility index (Phi) is 3.66. The highest BCUT2D eigenvalue weighted by atomic mass is 32.2. The van der Waals surface area contributed by atoms with Gasteiger partial charge in [0.05, 0.1) is 11.7 Å². The first-order chi connectivity index (χ1) is 8.74. The van der Waals surface area contributed by atoms with Crippen LogP contribution in [0.4, 0.5) is 0 Å². The Balaban J connectivity index is 1.66. The van der Waals surface area contributed by atoms with Crippen molar-refractivity contribution >= 4 is 29.3 Å². The van der Waals surface area contributed by atoms with Gasteiger partial charge in [-0.05, 0) is 12.8 Å². The first kappa shape index (κ1) is 12.5. The van der Waals surface area contributed by atoms with Gasteiger partial charge >= 0.3 is 0 Å². The van der Waals surface area contributed by atoms with Crippen molar-refractivity contribution in [1.82, 2.24) is 10.1 Å². The van der Waals surface area contributed by atoms with E-state index in [2.05, 4.69) is 17.1 Å². The first-order valence-corrected chi connectivity index (χ1v) is 8.42. The molecular weight excluding hydrogens is 268 g/mol. The molecule has 4 nitrogen and oxygen atoms in total. The van der Waals surface area contributed by atoms with E-state index in [4.69, 9.17) is 4.52 Å². The second kappa shape index (κ2) is 5.25. The molecule has 0 bridgehead atoms. The summed E-state index contributed by atoms with van der Waals surface area (Å²) < 4.78 is 5.21. The summed E-state index contributed by atoms with van der Waals surface area (Å²) in [6.07, 6.45) is 2.38. The van der Waals surface area contributed by atoms with Crippen molar-refractivity contribution in [3.8, 4) is 0 Å². The minimum atomic E-state index is 0.254. The molecule has 2 fully saturated rings. The summed E-state index contributed by atoms with van der Waals surface area (Å²) in [5.74, 6) is 4.09. The molecule has 2 unspecified atom stereocenters. The van der Waals surface area contributed by atoms with Crippen molar-refractivity contribution in [3.63, 3.8) is 0 Å². The molecule has 0 radical (unpaired) electrons. The molecule has 2 aliphatic rings. The molecule has 1 saturated heterocycles. The monoisotopic (exact) mass is 284 g/mol. The minimum Gasteiger partial charge on any atom is -0.339 e. The average Bonchev–Trinajstić information content (AvgIpc) is 3.12. The molecule has 1 aliphatic carbocycles. The molecule has 0 spiro atoms. The van der Waals surface area contributed by atoms with Gasteiger partial charge in [0.15, 0.2) is 5.82 Å². The fourth-order valence-corrected chi connectivity index (χ4v) is 4.75. The number of thioether (sulfide) groups is 2. The molecule has 1 aromatic rings. The molecule has 1 aliphatic heterocycles. The highest BCUT2D eigenvalue weighted by Gasteiger charge is 2.32. The Morgan fingerprint density at radius 1 is 1.39 bits per heavy atom. The van der Waals surface area contributed by atoms with Crippen molar-refractivity contribution in [2.75, 3.05) is 11.5 Å². The molecule has 0 amide bonds. The van der Waals surface area contributed by atoms with Crippen LogP contribution in [0.1, 0.15) is 36.7 Å². The predicted molar refractivity (Wildman–Crippen MR) is 72.9 cm³/mol. The molecule has 98 valence electrons. The quantitative estimate of drug-likeness (QED) is 0.846. The summed E-state index contributed by atoms with van der Waals surface area (Å²) in [5, 5.41) is 4.86. The van der Waals surface area contributed by atoms with E-state index in [1.54, 1.807) is 0 Å². The van der Waals surface area contributed by atoms with Crippen molar-refractivity contribution < 1.29 is 9.32 Å². The lowest BCUT2D eigenvalue weighted by Gasteiger charge is -2.24. The van der Waals surface area contributed by atoms with Gasteiger partial charge in [0.2, 0.25) is 5.89 Å². The largest absolute Gasteiger partial charge is 0.339 e.